The smallest absolute Gasteiger partial charge is 0.257 e. The van der Waals surface area contributed by atoms with Crippen molar-refractivity contribution < 1.29 is 18.7 Å². The molecule has 4 nitrogen and oxygen atoms in total. The monoisotopic (exact) mass is 493 g/mol. The van der Waals surface area contributed by atoms with Crippen molar-refractivity contribution in [3.05, 3.63) is 91.7 Å². The van der Waals surface area contributed by atoms with Gasteiger partial charge in [-0.3, -0.25) is 4.79 Å². The Kier molecular flexibility index (Phi) is 6.52. The number of carbonyl (C=O) groups excluding carboxylic acids is 1. The molecule has 8 heteroatoms. The minimum atomic E-state index is -0.505. The van der Waals surface area contributed by atoms with E-state index in [1.165, 1.54) is 24.3 Å². The Morgan fingerprint density at radius 2 is 1.56 bits per heavy atom. The summed E-state index contributed by atoms with van der Waals surface area (Å²) >= 11 is 18.7. The molecule has 0 saturated carbocycles. The molecule has 0 unspecified atom stereocenters. The largest absolute Gasteiger partial charge is 0.493 e. The molecule has 3 aromatic rings. The van der Waals surface area contributed by atoms with Crippen molar-refractivity contribution in [3.63, 3.8) is 0 Å². The van der Waals surface area contributed by atoms with Crippen molar-refractivity contribution in [2.45, 2.75) is 12.5 Å². The van der Waals surface area contributed by atoms with E-state index in [9.17, 15) is 9.18 Å². The Morgan fingerprint density at radius 3 is 2.16 bits per heavy atom. The molecule has 3 aromatic carbocycles. The summed E-state index contributed by atoms with van der Waals surface area (Å²) in [5.41, 5.74) is 2.78. The number of hydrogen-bond acceptors (Lipinski definition) is 3. The minimum Gasteiger partial charge on any atom is -0.493 e. The zero-order valence-electron chi connectivity index (χ0n) is 17.3. The molecule has 0 radical (unpaired) electrons. The third-order valence-corrected chi connectivity index (χ3v) is 6.36. The van der Waals surface area contributed by atoms with Gasteiger partial charge in [0, 0.05) is 11.6 Å². The Hall–Kier alpha value is -2.47. The zero-order chi connectivity index (χ0) is 23.0. The summed E-state index contributed by atoms with van der Waals surface area (Å²) in [5, 5.41) is 0.680. The average Bonchev–Trinajstić information content (AvgIpc) is 2.77. The normalized spacial score (nSPS) is 15.3. The summed E-state index contributed by atoms with van der Waals surface area (Å²) in [6, 6.07) is 12.3. The Labute approximate surface area is 200 Å². The van der Waals surface area contributed by atoms with Gasteiger partial charge in [0.2, 0.25) is 0 Å². The number of ether oxygens (including phenoxy) is 2. The second kappa shape index (κ2) is 9.18. The summed E-state index contributed by atoms with van der Waals surface area (Å²) in [6.45, 7) is 0.401. The third kappa shape index (κ3) is 4.13. The van der Waals surface area contributed by atoms with E-state index >= 15 is 0 Å². The first-order valence-electron chi connectivity index (χ1n) is 9.79. The summed E-state index contributed by atoms with van der Waals surface area (Å²) in [5.74, 6) is 0.438. The molecule has 1 atom stereocenters. The fraction of sp³-hybridized carbons (Fsp3) is 0.208. The molecular formula is C24H19Cl3FNO3. The van der Waals surface area contributed by atoms with Gasteiger partial charge in [-0.15, -0.1) is 0 Å². The topological polar surface area (TPSA) is 38.8 Å². The molecule has 0 saturated heterocycles. The SMILES string of the molecule is COc1cc2c(cc1OC)[C@@H](c1ccc(F)cc1)N(C(=O)c1c(Cl)cc(Cl)cc1Cl)CC2. The lowest BCUT2D eigenvalue weighted by molar-refractivity contribution is 0.0694. The molecule has 1 heterocycles. The van der Waals surface area contributed by atoms with Crippen molar-refractivity contribution >= 4 is 40.7 Å². The highest BCUT2D eigenvalue weighted by molar-refractivity contribution is 6.42. The van der Waals surface area contributed by atoms with E-state index < -0.39 is 6.04 Å². The van der Waals surface area contributed by atoms with Crippen molar-refractivity contribution in [1.82, 2.24) is 4.90 Å². The predicted octanol–water partition coefficient (Wildman–Crippen LogP) is 6.59. The molecule has 1 aliphatic rings. The minimum absolute atomic E-state index is 0.170. The maximum Gasteiger partial charge on any atom is 0.257 e. The van der Waals surface area contributed by atoms with Gasteiger partial charge in [-0.25, -0.2) is 4.39 Å². The average molecular weight is 495 g/mol. The quantitative estimate of drug-likeness (QED) is 0.411. The Morgan fingerprint density at radius 1 is 0.969 bits per heavy atom. The van der Waals surface area contributed by atoms with Gasteiger partial charge in [-0.2, -0.15) is 0 Å². The van der Waals surface area contributed by atoms with Crippen LogP contribution in [0.4, 0.5) is 4.39 Å². The highest BCUT2D eigenvalue weighted by atomic mass is 35.5. The predicted molar refractivity (Wildman–Crippen MR) is 124 cm³/mol. The third-order valence-electron chi connectivity index (χ3n) is 5.54. The van der Waals surface area contributed by atoms with Crippen molar-refractivity contribution in [2.75, 3.05) is 20.8 Å². The van der Waals surface area contributed by atoms with Gasteiger partial charge in [-0.1, -0.05) is 46.9 Å². The lowest BCUT2D eigenvalue weighted by atomic mass is 9.87. The molecule has 0 aromatic heterocycles. The molecule has 0 N–H and O–H groups in total. The van der Waals surface area contributed by atoms with Crippen LogP contribution in [0.5, 0.6) is 11.5 Å². The van der Waals surface area contributed by atoms with Gasteiger partial charge in [0.05, 0.1) is 35.9 Å². The van der Waals surface area contributed by atoms with E-state index in [1.807, 2.05) is 12.1 Å². The number of halogens is 4. The van der Waals surface area contributed by atoms with Crippen LogP contribution in [-0.2, 0) is 6.42 Å². The fourth-order valence-electron chi connectivity index (χ4n) is 4.06. The molecule has 1 aliphatic heterocycles. The van der Waals surface area contributed by atoms with E-state index in [-0.39, 0.29) is 27.3 Å². The first kappa shape index (κ1) is 22.7. The van der Waals surface area contributed by atoms with Crippen LogP contribution in [0.3, 0.4) is 0 Å². The zero-order valence-corrected chi connectivity index (χ0v) is 19.6. The second-order valence-electron chi connectivity index (χ2n) is 7.35. The molecule has 0 aliphatic carbocycles. The van der Waals surface area contributed by atoms with Gasteiger partial charge >= 0.3 is 0 Å². The number of methoxy groups -OCH3 is 2. The standard InChI is InChI=1S/C24H19Cl3FNO3/c1-31-20-9-14-7-8-29(24(30)22-18(26)10-15(25)11-19(22)27)23(17(14)12-21(20)32-2)13-3-5-16(28)6-4-13/h3-6,9-12,23H,7-8H2,1-2H3/t23-/m1/s1. The van der Waals surface area contributed by atoms with Crippen LogP contribution < -0.4 is 9.47 Å². The summed E-state index contributed by atoms with van der Waals surface area (Å²) in [7, 11) is 3.13. The molecule has 4 rings (SSSR count). The first-order chi connectivity index (χ1) is 15.3. The molecule has 166 valence electrons. The van der Waals surface area contributed by atoms with Crippen LogP contribution in [0.2, 0.25) is 15.1 Å². The molecular weight excluding hydrogens is 476 g/mol. The Balaban J connectivity index is 1.88. The van der Waals surface area contributed by atoms with E-state index in [0.717, 1.165) is 16.7 Å². The second-order valence-corrected chi connectivity index (χ2v) is 8.60. The van der Waals surface area contributed by atoms with E-state index in [0.29, 0.717) is 29.5 Å². The molecule has 0 fully saturated rings. The van der Waals surface area contributed by atoms with Gasteiger partial charge in [0.25, 0.3) is 5.91 Å². The van der Waals surface area contributed by atoms with Crippen molar-refractivity contribution in [3.8, 4) is 11.5 Å². The highest BCUT2D eigenvalue weighted by Crippen LogP contribution is 2.42. The van der Waals surface area contributed by atoms with Gasteiger partial charge in [0.15, 0.2) is 11.5 Å². The molecule has 1 amide bonds. The highest BCUT2D eigenvalue weighted by Gasteiger charge is 2.35. The number of benzene rings is 3. The lowest BCUT2D eigenvalue weighted by Gasteiger charge is -2.38. The summed E-state index contributed by atoms with van der Waals surface area (Å²) < 4.78 is 24.6. The molecule has 0 spiro atoms. The van der Waals surface area contributed by atoms with Crippen molar-refractivity contribution in [2.24, 2.45) is 0 Å². The van der Waals surface area contributed by atoms with Gasteiger partial charge < -0.3 is 14.4 Å². The number of carbonyl (C=O) groups is 1. The van der Waals surface area contributed by atoms with E-state index in [1.54, 1.807) is 31.3 Å². The number of rotatable bonds is 4. The Bertz CT molecular complexity index is 1160. The first-order valence-corrected chi connectivity index (χ1v) is 10.9. The lowest BCUT2D eigenvalue weighted by Crippen LogP contribution is -2.41. The fourth-order valence-corrected chi connectivity index (χ4v) is 5.04. The van der Waals surface area contributed by atoms with Crippen LogP contribution >= 0.6 is 34.8 Å². The van der Waals surface area contributed by atoms with Crippen LogP contribution in [0, 0.1) is 5.82 Å². The maximum absolute atomic E-state index is 13.7. The van der Waals surface area contributed by atoms with Crippen LogP contribution in [0.25, 0.3) is 0 Å². The number of nitrogens with zero attached hydrogens (tertiary/aromatic N) is 1. The summed E-state index contributed by atoms with van der Waals surface area (Å²) in [6.07, 6.45) is 0.585. The van der Waals surface area contributed by atoms with Crippen LogP contribution in [0.15, 0.2) is 48.5 Å². The van der Waals surface area contributed by atoms with Gasteiger partial charge in [-0.05, 0) is 59.5 Å². The maximum atomic E-state index is 13.7. The van der Waals surface area contributed by atoms with Gasteiger partial charge in [0.1, 0.15) is 5.82 Å². The molecule has 32 heavy (non-hydrogen) atoms. The number of fused-ring (bicyclic) bond motifs is 1. The van der Waals surface area contributed by atoms with Crippen molar-refractivity contribution in [1.29, 1.82) is 0 Å². The van der Waals surface area contributed by atoms with E-state index in [4.69, 9.17) is 44.3 Å². The van der Waals surface area contributed by atoms with Crippen LogP contribution in [-0.4, -0.2) is 31.6 Å². The molecule has 0 bridgehead atoms. The summed E-state index contributed by atoms with van der Waals surface area (Å²) in [4.78, 5) is 15.4. The van der Waals surface area contributed by atoms with Crippen LogP contribution in [0.1, 0.15) is 33.1 Å². The number of amides is 1. The number of hydrogen-bond donors (Lipinski definition) is 0. The van der Waals surface area contributed by atoms with E-state index in [2.05, 4.69) is 0 Å².